The molecule has 56 valence electrons. The normalized spacial score (nSPS) is 20.3. The lowest BCUT2D eigenvalue weighted by atomic mass is 10.3. The van der Waals surface area contributed by atoms with Gasteiger partial charge in [0, 0.05) is 0 Å². The number of aromatic nitrogens is 2. The summed E-state index contributed by atoms with van der Waals surface area (Å²) >= 11 is 2.13. The van der Waals surface area contributed by atoms with Gasteiger partial charge < -0.3 is 5.73 Å². The fourth-order valence-electron chi connectivity index (χ4n) is 0.871. The molecule has 1 aromatic rings. The van der Waals surface area contributed by atoms with Crippen LogP contribution in [0.3, 0.4) is 0 Å². The van der Waals surface area contributed by atoms with Gasteiger partial charge in [0.25, 0.3) is 0 Å². The number of hydrogen-bond acceptors (Lipinski definition) is 5. The number of nitrogens with zero attached hydrogens (tertiary/aromatic N) is 4. The Morgan fingerprint density at radius 3 is 3.00 bits per heavy atom. The Labute approximate surface area is 76.3 Å². The number of fused-ring (bicyclic) bond motifs is 1. The molecule has 0 radical (unpaired) electrons. The molecule has 11 heavy (non-hydrogen) atoms. The Morgan fingerprint density at radius 1 is 1.45 bits per heavy atom. The molecule has 5 nitrogen and oxygen atoms in total. The predicted molar refractivity (Wildman–Crippen MR) is 47.7 cm³/mol. The van der Waals surface area contributed by atoms with Gasteiger partial charge in [-0.2, -0.15) is 5.11 Å². The van der Waals surface area contributed by atoms with Crippen molar-refractivity contribution in [3.05, 3.63) is 11.9 Å². The van der Waals surface area contributed by atoms with Gasteiger partial charge in [-0.15, -0.1) is 5.11 Å². The van der Waals surface area contributed by atoms with Crippen LogP contribution in [0.25, 0.3) is 0 Å². The number of nitrogen functional groups attached to an aromatic ring is 1. The predicted octanol–water partition coefficient (Wildman–Crippen LogP) is 1.59. The molecule has 0 bridgehead atoms. The average molecular weight is 261 g/mol. The van der Waals surface area contributed by atoms with Crippen LogP contribution in [-0.2, 0) is 0 Å². The van der Waals surface area contributed by atoms with Crippen molar-refractivity contribution in [2.45, 2.75) is 4.05 Å². The van der Waals surface area contributed by atoms with Gasteiger partial charge in [-0.3, -0.25) is 0 Å². The number of hydrogen-bond donors (Lipinski definition) is 1. The quantitative estimate of drug-likeness (QED) is 0.437. The summed E-state index contributed by atoms with van der Waals surface area (Å²) in [6.45, 7) is 0. The zero-order valence-corrected chi connectivity index (χ0v) is 7.56. The molecule has 6 heteroatoms. The molecule has 0 saturated heterocycles. The van der Waals surface area contributed by atoms with Crippen molar-refractivity contribution in [2.24, 2.45) is 10.2 Å². The highest BCUT2D eigenvalue weighted by Crippen LogP contribution is 2.40. The minimum absolute atomic E-state index is 0.0243. The van der Waals surface area contributed by atoms with E-state index in [9.17, 15) is 0 Å². The van der Waals surface area contributed by atoms with Crippen LogP contribution in [-0.4, -0.2) is 9.97 Å². The second-order valence-corrected chi connectivity index (χ2v) is 3.23. The van der Waals surface area contributed by atoms with Crippen molar-refractivity contribution in [1.29, 1.82) is 0 Å². The van der Waals surface area contributed by atoms with Crippen LogP contribution >= 0.6 is 22.6 Å². The monoisotopic (exact) mass is 261 g/mol. The lowest BCUT2D eigenvalue weighted by Crippen LogP contribution is -1.97. The van der Waals surface area contributed by atoms with E-state index in [-0.39, 0.29) is 4.05 Å². The zero-order valence-electron chi connectivity index (χ0n) is 5.40. The number of azo groups is 1. The van der Waals surface area contributed by atoms with Crippen molar-refractivity contribution in [3.8, 4) is 0 Å². The van der Waals surface area contributed by atoms with Crippen LogP contribution in [0.15, 0.2) is 16.6 Å². The van der Waals surface area contributed by atoms with Crippen molar-refractivity contribution < 1.29 is 0 Å². The topological polar surface area (TPSA) is 76.5 Å². The van der Waals surface area contributed by atoms with Gasteiger partial charge in [-0.1, -0.05) is 0 Å². The van der Waals surface area contributed by atoms with E-state index in [2.05, 4.69) is 42.8 Å². The van der Waals surface area contributed by atoms with E-state index in [1.54, 1.807) is 0 Å². The van der Waals surface area contributed by atoms with Crippen LogP contribution < -0.4 is 5.73 Å². The highest BCUT2D eigenvalue weighted by atomic mass is 127. The zero-order chi connectivity index (χ0) is 7.84. The third kappa shape index (κ3) is 0.971. The molecule has 0 amide bonds. The van der Waals surface area contributed by atoms with Gasteiger partial charge in [0.1, 0.15) is 12.1 Å². The van der Waals surface area contributed by atoms with E-state index in [0.717, 1.165) is 5.56 Å². The lowest BCUT2D eigenvalue weighted by molar-refractivity contribution is 1.04. The number of anilines is 1. The summed E-state index contributed by atoms with van der Waals surface area (Å²) < 4.78 is -0.0243. The van der Waals surface area contributed by atoms with Crippen molar-refractivity contribution in [3.63, 3.8) is 0 Å². The van der Waals surface area contributed by atoms with E-state index in [1.165, 1.54) is 6.33 Å². The molecule has 1 unspecified atom stereocenters. The smallest absolute Gasteiger partial charge is 0.185 e. The maximum Gasteiger partial charge on any atom is 0.185 e. The van der Waals surface area contributed by atoms with E-state index >= 15 is 0 Å². The van der Waals surface area contributed by atoms with Gasteiger partial charge in [0.05, 0.1) is 5.56 Å². The highest BCUT2D eigenvalue weighted by Gasteiger charge is 2.21. The first kappa shape index (κ1) is 6.89. The summed E-state index contributed by atoms with van der Waals surface area (Å²) in [6, 6.07) is 0. The molecule has 2 heterocycles. The minimum Gasteiger partial charge on any atom is -0.383 e. The van der Waals surface area contributed by atoms with Gasteiger partial charge in [-0.05, 0) is 22.6 Å². The largest absolute Gasteiger partial charge is 0.383 e. The molecule has 1 atom stereocenters. The number of rotatable bonds is 0. The molecule has 2 N–H and O–H groups in total. The Morgan fingerprint density at radius 2 is 2.27 bits per heavy atom. The SMILES string of the molecule is Nc1ncnc2c1C(I)N=N2. The molecule has 0 aromatic carbocycles. The Bertz CT molecular complexity index is 323. The van der Waals surface area contributed by atoms with Gasteiger partial charge in [0.2, 0.25) is 0 Å². The van der Waals surface area contributed by atoms with Crippen molar-refractivity contribution in [1.82, 2.24) is 9.97 Å². The van der Waals surface area contributed by atoms with Crippen molar-refractivity contribution >= 4 is 34.2 Å². The van der Waals surface area contributed by atoms with E-state index in [1.807, 2.05) is 0 Å². The molecular weight excluding hydrogens is 257 g/mol. The Hall–Kier alpha value is -0.790. The van der Waals surface area contributed by atoms with Gasteiger partial charge in [-0.25, -0.2) is 9.97 Å². The molecule has 1 aliphatic heterocycles. The molecule has 1 aromatic heterocycles. The highest BCUT2D eigenvalue weighted by molar-refractivity contribution is 14.1. The summed E-state index contributed by atoms with van der Waals surface area (Å²) in [7, 11) is 0. The number of alkyl halides is 1. The maximum atomic E-state index is 5.59. The average Bonchev–Trinajstić information content (AvgIpc) is 2.34. The summed E-state index contributed by atoms with van der Waals surface area (Å²) in [5, 5.41) is 7.72. The standard InChI is InChI=1S/C5H4IN5/c6-3-2-4(7)8-1-9-5(2)11-10-3/h1,3H,(H2,7,8,9). The number of nitrogens with two attached hydrogens (primary N) is 1. The van der Waals surface area contributed by atoms with Crippen LogP contribution in [0.2, 0.25) is 0 Å². The summed E-state index contributed by atoms with van der Waals surface area (Å²) in [6.07, 6.45) is 1.39. The first-order valence-corrected chi connectivity index (χ1v) is 4.19. The molecule has 0 aliphatic carbocycles. The summed E-state index contributed by atoms with van der Waals surface area (Å²) in [5.41, 5.74) is 6.41. The fourth-order valence-corrected chi connectivity index (χ4v) is 1.59. The number of halogens is 1. The van der Waals surface area contributed by atoms with Gasteiger partial charge >= 0.3 is 0 Å². The van der Waals surface area contributed by atoms with Crippen LogP contribution in [0.4, 0.5) is 11.6 Å². The second kappa shape index (κ2) is 2.36. The molecule has 1 aliphatic rings. The lowest BCUT2D eigenvalue weighted by Gasteiger charge is -1.99. The maximum absolute atomic E-state index is 5.59. The fraction of sp³-hybridized carbons (Fsp3) is 0.200. The molecule has 0 fully saturated rings. The first-order chi connectivity index (χ1) is 5.29. The van der Waals surface area contributed by atoms with Crippen LogP contribution in [0, 0.1) is 0 Å². The molecule has 2 rings (SSSR count). The Balaban J connectivity index is 2.65. The molecule has 0 spiro atoms. The van der Waals surface area contributed by atoms with E-state index in [0.29, 0.717) is 11.6 Å². The van der Waals surface area contributed by atoms with Gasteiger partial charge in [0.15, 0.2) is 9.87 Å². The summed E-state index contributed by atoms with van der Waals surface area (Å²) in [4.78, 5) is 7.76. The first-order valence-electron chi connectivity index (χ1n) is 2.94. The van der Waals surface area contributed by atoms with Crippen molar-refractivity contribution in [2.75, 3.05) is 5.73 Å². The Kier molecular flexibility index (Phi) is 1.48. The second-order valence-electron chi connectivity index (χ2n) is 2.05. The minimum atomic E-state index is -0.0243. The molecular formula is C5H4IN5. The third-order valence-corrected chi connectivity index (χ3v) is 2.26. The third-order valence-electron chi connectivity index (χ3n) is 1.39. The van der Waals surface area contributed by atoms with Crippen LogP contribution in [0.1, 0.15) is 9.61 Å². The molecule has 0 saturated carbocycles. The van der Waals surface area contributed by atoms with Crippen LogP contribution in [0.5, 0.6) is 0 Å². The van der Waals surface area contributed by atoms with E-state index < -0.39 is 0 Å². The summed E-state index contributed by atoms with van der Waals surface area (Å²) in [5.74, 6) is 1.07. The van der Waals surface area contributed by atoms with E-state index in [4.69, 9.17) is 5.73 Å².